The first-order chi connectivity index (χ1) is 9.10. The molecule has 0 aromatic rings. The molecule has 6 heteroatoms. The number of hydrogen-bond donors (Lipinski definition) is 2. The molecular formula is C14H30IN3O2. The third kappa shape index (κ3) is 13.9. The SMILES string of the molecule is CCNC(=NCCCCC(C)C)NCCC(=O)OC.I. The number of guanidine groups is 1. The fourth-order valence-corrected chi connectivity index (χ4v) is 1.58. The maximum absolute atomic E-state index is 11.0. The number of ether oxygens (including phenoxy) is 1. The summed E-state index contributed by atoms with van der Waals surface area (Å²) in [6.07, 6.45) is 3.92. The van der Waals surface area contributed by atoms with E-state index in [9.17, 15) is 4.79 Å². The molecular weight excluding hydrogens is 369 g/mol. The van der Waals surface area contributed by atoms with Crippen LogP contribution in [0.2, 0.25) is 0 Å². The van der Waals surface area contributed by atoms with Crippen LogP contribution >= 0.6 is 24.0 Å². The lowest BCUT2D eigenvalue weighted by Gasteiger charge is -2.10. The zero-order valence-corrected chi connectivity index (χ0v) is 15.5. The lowest BCUT2D eigenvalue weighted by Crippen LogP contribution is -2.38. The lowest BCUT2D eigenvalue weighted by atomic mass is 10.1. The van der Waals surface area contributed by atoms with Crippen LogP contribution in [0, 0.1) is 5.92 Å². The molecule has 0 fully saturated rings. The van der Waals surface area contributed by atoms with Gasteiger partial charge in [-0.1, -0.05) is 26.7 Å². The highest BCUT2D eigenvalue weighted by molar-refractivity contribution is 14.0. The van der Waals surface area contributed by atoms with Gasteiger partial charge in [0, 0.05) is 19.6 Å². The Balaban J connectivity index is 0. The minimum Gasteiger partial charge on any atom is -0.469 e. The molecule has 0 aromatic heterocycles. The summed E-state index contributed by atoms with van der Waals surface area (Å²) in [5.41, 5.74) is 0. The van der Waals surface area contributed by atoms with Gasteiger partial charge in [0.05, 0.1) is 13.5 Å². The van der Waals surface area contributed by atoms with Crippen molar-refractivity contribution in [2.24, 2.45) is 10.9 Å². The summed E-state index contributed by atoms with van der Waals surface area (Å²) < 4.78 is 4.59. The summed E-state index contributed by atoms with van der Waals surface area (Å²) in [5.74, 6) is 1.33. The lowest BCUT2D eigenvalue weighted by molar-refractivity contribution is -0.140. The van der Waals surface area contributed by atoms with E-state index in [1.807, 2.05) is 6.92 Å². The van der Waals surface area contributed by atoms with E-state index in [0.29, 0.717) is 13.0 Å². The minimum atomic E-state index is -0.208. The molecule has 5 nitrogen and oxygen atoms in total. The van der Waals surface area contributed by atoms with E-state index in [1.165, 1.54) is 20.0 Å². The van der Waals surface area contributed by atoms with E-state index < -0.39 is 0 Å². The Morgan fingerprint density at radius 3 is 2.50 bits per heavy atom. The zero-order valence-electron chi connectivity index (χ0n) is 13.2. The van der Waals surface area contributed by atoms with Gasteiger partial charge in [-0.25, -0.2) is 0 Å². The molecule has 20 heavy (non-hydrogen) atoms. The molecule has 0 atom stereocenters. The van der Waals surface area contributed by atoms with Crippen LogP contribution in [0.15, 0.2) is 4.99 Å². The van der Waals surface area contributed by atoms with E-state index in [1.54, 1.807) is 0 Å². The van der Waals surface area contributed by atoms with Gasteiger partial charge in [-0.3, -0.25) is 9.79 Å². The van der Waals surface area contributed by atoms with Gasteiger partial charge in [-0.05, 0) is 19.3 Å². The van der Waals surface area contributed by atoms with Crippen molar-refractivity contribution in [3.63, 3.8) is 0 Å². The van der Waals surface area contributed by atoms with Crippen LogP contribution in [0.4, 0.5) is 0 Å². The molecule has 0 aromatic carbocycles. The quantitative estimate of drug-likeness (QED) is 0.206. The van der Waals surface area contributed by atoms with Crippen molar-refractivity contribution < 1.29 is 9.53 Å². The van der Waals surface area contributed by atoms with Gasteiger partial charge in [-0.15, -0.1) is 24.0 Å². The molecule has 0 aliphatic heterocycles. The van der Waals surface area contributed by atoms with Crippen molar-refractivity contribution in [1.82, 2.24) is 10.6 Å². The monoisotopic (exact) mass is 399 g/mol. The van der Waals surface area contributed by atoms with E-state index in [-0.39, 0.29) is 29.9 Å². The molecule has 0 unspecified atom stereocenters. The molecule has 0 heterocycles. The standard InChI is InChI=1S/C14H29N3O2.HI/c1-5-15-14(17-11-9-13(18)19-4)16-10-7-6-8-12(2)3;/h12H,5-11H2,1-4H3,(H2,15,16,17);1H. The molecule has 0 aliphatic carbocycles. The highest BCUT2D eigenvalue weighted by Crippen LogP contribution is 2.05. The van der Waals surface area contributed by atoms with Crippen molar-refractivity contribution in [1.29, 1.82) is 0 Å². The first-order valence-corrected chi connectivity index (χ1v) is 7.19. The van der Waals surface area contributed by atoms with Crippen LogP contribution in [0.5, 0.6) is 0 Å². The largest absolute Gasteiger partial charge is 0.469 e. The Hall–Kier alpha value is -0.530. The number of carbonyl (C=O) groups is 1. The molecule has 2 N–H and O–H groups in total. The van der Waals surface area contributed by atoms with Gasteiger partial charge in [0.2, 0.25) is 0 Å². The van der Waals surface area contributed by atoms with Gasteiger partial charge in [0.1, 0.15) is 0 Å². The highest BCUT2D eigenvalue weighted by Gasteiger charge is 2.01. The number of nitrogens with zero attached hydrogens (tertiary/aromatic N) is 1. The van der Waals surface area contributed by atoms with Gasteiger partial charge in [0.25, 0.3) is 0 Å². The summed E-state index contributed by atoms with van der Waals surface area (Å²) >= 11 is 0. The summed E-state index contributed by atoms with van der Waals surface area (Å²) in [5, 5.41) is 6.28. The zero-order chi connectivity index (χ0) is 14.5. The van der Waals surface area contributed by atoms with Gasteiger partial charge in [-0.2, -0.15) is 0 Å². The summed E-state index contributed by atoms with van der Waals surface area (Å²) in [4.78, 5) is 15.5. The van der Waals surface area contributed by atoms with E-state index in [2.05, 4.69) is 34.2 Å². The van der Waals surface area contributed by atoms with E-state index >= 15 is 0 Å². The molecule has 120 valence electrons. The van der Waals surface area contributed by atoms with Crippen molar-refractivity contribution in [2.75, 3.05) is 26.7 Å². The first kappa shape index (κ1) is 21.8. The normalized spacial score (nSPS) is 10.9. The highest BCUT2D eigenvalue weighted by atomic mass is 127. The van der Waals surface area contributed by atoms with Crippen molar-refractivity contribution in [3.8, 4) is 0 Å². The van der Waals surface area contributed by atoms with Crippen LogP contribution in [-0.4, -0.2) is 38.7 Å². The third-order valence-electron chi connectivity index (χ3n) is 2.65. The van der Waals surface area contributed by atoms with Crippen LogP contribution in [0.3, 0.4) is 0 Å². The number of esters is 1. The number of carbonyl (C=O) groups excluding carboxylic acids is 1. The molecule has 0 saturated carbocycles. The predicted octanol–water partition coefficient (Wildman–Crippen LogP) is 2.55. The fraction of sp³-hybridized carbons (Fsp3) is 0.857. The minimum absolute atomic E-state index is 0. The maximum Gasteiger partial charge on any atom is 0.307 e. The smallest absolute Gasteiger partial charge is 0.307 e. The topological polar surface area (TPSA) is 62.7 Å². The van der Waals surface area contributed by atoms with Crippen LogP contribution in [-0.2, 0) is 9.53 Å². The Morgan fingerprint density at radius 1 is 1.25 bits per heavy atom. The van der Waals surface area contributed by atoms with E-state index in [0.717, 1.165) is 31.4 Å². The molecule has 0 rings (SSSR count). The summed E-state index contributed by atoms with van der Waals surface area (Å²) in [6, 6.07) is 0. The Kier molecular flexibility index (Phi) is 16.2. The van der Waals surface area contributed by atoms with Crippen molar-refractivity contribution in [3.05, 3.63) is 0 Å². The molecule has 0 radical (unpaired) electrons. The summed E-state index contributed by atoms with van der Waals surface area (Å²) in [7, 11) is 1.40. The van der Waals surface area contributed by atoms with Crippen LogP contribution in [0.1, 0.15) is 46.5 Å². The number of methoxy groups -OCH3 is 1. The number of aliphatic imine (C=N–C) groups is 1. The second kappa shape index (κ2) is 14.9. The third-order valence-corrected chi connectivity index (χ3v) is 2.65. The Bertz CT molecular complexity index is 271. The Labute approximate surface area is 140 Å². The molecule has 0 saturated heterocycles. The van der Waals surface area contributed by atoms with E-state index in [4.69, 9.17) is 0 Å². The maximum atomic E-state index is 11.0. The fourth-order valence-electron chi connectivity index (χ4n) is 1.58. The second-order valence-corrected chi connectivity index (χ2v) is 4.90. The molecule has 0 spiro atoms. The second-order valence-electron chi connectivity index (χ2n) is 4.90. The van der Waals surface area contributed by atoms with Crippen molar-refractivity contribution >= 4 is 35.9 Å². The van der Waals surface area contributed by atoms with Gasteiger partial charge in [0.15, 0.2) is 5.96 Å². The number of halogens is 1. The molecule has 0 amide bonds. The average Bonchev–Trinajstić information content (AvgIpc) is 2.37. The number of nitrogens with one attached hydrogen (secondary N) is 2. The first-order valence-electron chi connectivity index (χ1n) is 7.19. The summed E-state index contributed by atoms with van der Waals surface area (Å²) in [6.45, 7) is 8.68. The predicted molar refractivity (Wildman–Crippen MR) is 94.7 cm³/mol. The Morgan fingerprint density at radius 2 is 1.95 bits per heavy atom. The van der Waals surface area contributed by atoms with Crippen LogP contribution in [0.25, 0.3) is 0 Å². The number of rotatable bonds is 9. The number of unbranched alkanes of at least 4 members (excludes halogenated alkanes) is 1. The molecule has 0 aliphatic rings. The number of hydrogen-bond acceptors (Lipinski definition) is 3. The molecule has 0 bridgehead atoms. The average molecular weight is 399 g/mol. The van der Waals surface area contributed by atoms with Gasteiger partial charge < -0.3 is 15.4 Å². The van der Waals surface area contributed by atoms with Gasteiger partial charge >= 0.3 is 5.97 Å². The van der Waals surface area contributed by atoms with Crippen molar-refractivity contribution in [2.45, 2.75) is 46.5 Å². The van der Waals surface area contributed by atoms with Crippen LogP contribution < -0.4 is 10.6 Å².